The maximum absolute atomic E-state index is 14.0. The molecule has 3 rings (SSSR count). The summed E-state index contributed by atoms with van der Waals surface area (Å²) < 4.78 is 27.7. The van der Waals surface area contributed by atoms with Gasteiger partial charge < -0.3 is 5.11 Å². The summed E-state index contributed by atoms with van der Waals surface area (Å²) >= 11 is 5.75. The second-order valence-corrected chi connectivity index (χ2v) is 5.59. The quantitative estimate of drug-likeness (QED) is 0.888. The molecule has 0 radical (unpaired) electrons. The molecule has 1 aliphatic rings. The lowest BCUT2D eigenvalue weighted by atomic mass is 9.88. The monoisotopic (exact) mass is 294 g/mol. The van der Waals surface area contributed by atoms with Crippen molar-refractivity contribution >= 4 is 11.6 Å². The van der Waals surface area contributed by atoms with Gasteiger partial charge in [-0.25, -0.2) is 8.78 Å². The Labute approximate surface area is 120 Å². The highest BCUT2D eigenvalue weighted by molar-refractivity contribution is 6.30. The van der Waals surface area contributed by atoms with Gasteiger partial charge >= 0.3 is 0 Å². The molecular weight excluding hydrogens is 282 g/mol. The van der Waals surface area contributed by atoms with Gasteiger partial charge in [0.15, 0.2) is 0 Å². The standard InChI is InChI=1S/C16H13ClF2O/c17-13-5-1-3-10(15(13)19)9-16(20)8-7-11-12(16)4-2-6-14(11)18/h1-6,20H,7-9H2. The summed E-state index contributed by atoms with van der Waals surface area (Å²) in [4.78, 5) is 0. The van der Waals surface area contributed by atoms with E-state index in [9.17, 15) is 13.9 Å². The molecule has 0 amide bonds. The SMILES string of the molecule is OC1(Cc2cccc(Cl)c2F)CCc2c(F)cccc21. The van der Waals surface area contributed by atoms with Crippen molar-refractivity contribution in [2.45, 2.75) is 24.9 Å². The van der Waals surface area contributed by atoms with E-state index in [1.54, 1.807) is 24.3 Å². The first-order chi connectivity index (χ1) is 9.51. The Morgan fingerprint density at radius 1 is 1.15 bits per heavy atom. The number of hydrogen-bond acceptors (Lipinski definition) is 1. The summed E-state index contributed by atoms with van der Waals surface area (Å²) in [5.74, 6) is -0.836. The first kappa shape index (κ1) is 13.5. The van der Waals surface area contributed by atoms with Gasteiger partial charge in [0.1, 0.15) is 11.6 Å². The lowest BCUT2D eigenvalue weighted by Crippen LogP contribution is -2.26. The zero-order valence-electron chi connectivity index (χ0n) is 10.7. The summed E-state index contributed by atoms with van der Waals surface area (Å²) in [5, 5.41) is 10.8. The Balaban J connectivity index is 2.00. The largest absolute Gasteiger partial charge is 0.385 e. The molecular formula is C16H13ClF2O. The molecule has 0 aliphatic heterocycles. The normalized spacial score (nSPS) is 21.0. The van der Waals surface area contributed by atoms with Crippen molar-refractivity contribution in [2.24, 2.45) is 0 Å². The van der Waals surface area contributed by atoms with Gasteiger partial charge in [-0.15, -0.1) is 0 Å². The molecule has 104 valence electrons. The molecule has 0 spiro atoms. The third-order valence-corrected chi connectivity index (χ3v) is 4.22. The van der Waals surface area contributed by atoms with E-state index in [0.717, 1.165) is 0 Å². The number of hydrogen-bond donors (Lipinski definition) is 1. The molecule has 0 bridgehead atoms. The molecule has 0 saturated heterocycles. The second kappa shape index (κ2) is 4.83. The van der Waals surface area contributed by atoms with Crippen molar-refractivity contribution in [3.8, 4) is 0 Å². The van der Waals surface area contributed by atoms with E-state index in [0.29, 0.717) is 29.5 Å². The van der Waals surface area contributed by atoms with Crippen LogP contribution in [0, 0.1) is 11.6 Å². The minimum Gasteiger partial charge on any atom is -0.385 e. The predicted octanol–water partition coefficient (Wildman–Crippen LogP) is 3.99. The lowest BCUT2D eigenvalue weighted by molar-refractivity contribution is 0.0381. The minimum atomic E-state index is -1.23. The van der Waals surface area contributed by atoms with E-state index in [4.69, 9.17) is 11.6 Å². The maximum atomic E-state index is 14.0. The first-order valence-corrected chi connectivity index (χ1v) is 6.82. The molecule has 1 N–H and O–H groups in total. The van der Waals surface area contributed by atoms with Gasteiger partial charge in [-0.05, 0) is 41.7 Å². The van der Waals surface area contributed by atoms with Crippen LogP contribution in [-0.4, -0.2) is 5.11 Å². The average Bonchev–Trinajstić information content (AvgIpc) is 2.75. The highest BCUT2D eigenvalue weighted by Gasteiger charge is 2.38. The minimum absolute atomic E-state index is 0.0311. The van der Waals surface area contributed by atoms with E-state index < -0.39 is 11.4 Å². The van der Waals surface area contributed by atoms with Crippen LogP contribution >= 0.6 is 11.6 Å². The summed E-state index contributed by atoms with van der Waals surface area (Å²) in [6.07, 6.45) is 0.936. The first-order valence-electron chi connectivity index (χ1n) is 6.44. The molecule has 0 heterocycles. The van der Waals surface area contributed by atoms with Crippen LogP contribution in [0.2, 0.25) is 5.02 Å². The number of benzene rings is 2. The number of halogens is 3. The zero-order valence-corrected chi connectivity index (χ0v) is 11.4. The van der Waals surface area contributed by atoms with Crippen molar-refractivity contribution in [2.75, 3.05) is 0 Å². The van der Waals surface area contributed by atoms with Gasteiger partial charge in [-0.3, -0.25) is 0 Å². The molecule has 2 aromatic carbocycles. The smallest absolute Gasteiger partial charge is 0.145 e. The summed E-state index contributed by atoms with van der Waals surface area (Å²) in [5.41, 5.74) is 0.189. The van der Waals surface area contributed by atoms with Crippen molar-refractivity contribution in [3.63, 3.8) is 0 Å². The third kappa shape index (κ3) is 2.11. The highest BCUT2D eigenvalue weighted by Crippen LogP contribution is 2.41. The number of fused-ring (bicyclic) bond motifs is 1. The maximum Gasteiger partial charge on any atom is 0.145 e. The van der Waals surface area contributed by atoms with Crippen LogP contribution < -0.4 is 0 Å². The molecule has 20 heavy (non-hydrogen) atoms. The lowest BCUT2D eigenvalue weighted by Gasteiger charge is -2.24. The van der Waals surface area contributed by atoms with Crippen LogP contribution in [0.5, 0.6) is 0 Å². The van der Waals surface area contributed by atoms with E-state index in [-0.39, 0.29) is 17.3 Å². The van der Waals surface area contributed by atoms with Crippen LogP contribution in [0.15, 0.2) is 36.4 Å². The van der Waals surface area contributed by atoms with E-state index in [1.165, 1.54) is 12.1 Å². The molecule has 1 unspecified atom stereocenters. The summed E-state index contributed by atoms with van der Waals surface area (Å²) in [6.45, 7) is 0. The van der Waals surface area contributed by atoms with Crippen LogP contribution in [0.4, 0.5) is 8.78 Å². The summed E-state index contributed by atoms with van der Waals surface area (Å²) in [6, 6.07) is 9.35. The van der Waals surface area contributed by atoms with E-state index in [1.807, 2.05) is 0 Å². The van der Waals surface area contributed by atoms with Crippen LogP contribution in [-0.2, 0) is 18.4 Å². The number of aliphatic hydroxyl groups is 1. The fourth-order valence-electron chi connectivity index (χ4n) is 2.90. The molecule has 1 aliphatic carbocycles. The molecule has 2 aromatic rings. The van der Waals surface area contributed by atoms with Gasteiger partial charge in [0.2, 0.25) is 0 Å². The fraction of sp³-hybridized carbons (Fsp3) is 0.250. The van der Waals surface area contributed by atoms with Crippen LogP contribution in [0.3, 0.4) is 0 Å². The molecule has 1 nitrogen and oxygen atoms in total. The van der Waals surface area contributed by atoms with Crippen molar-refractivity contribution in [1.29, 1.82) is 0 Å². The zero-order chi connectivity index (χ0) is 14.3. The van der Waals surface area contributed by atoms with Crippen LogP contribution in [0.25, 0.3) is 0 Å². The molecule has 4 heteroatoms. The predicted molar refractivity (Wildman–Crippen MR) is 73.7 cm³/mol. The molecule has 0 aromatic heterocycles. The molecule has 1 atom stereocenters. The van der Waals surface area contributed by atoms with Crippen molar-refractivity contribution in [1.82, 2.24) is 0 Å². The van der Waals surface area contributed by atoms with E-state index in [2.05, 4.69) is 0 Å². The van der Waals surface area contributed by atoms with Gasteiger partial charge in [0, 0.05) is 6.42 Å². The number of rotatable bonds is 2. The van der Waals surface area contributed by atoms with Gasteiger partial charge in [-0.2, -0.15) is 0 Å². The summed E-state index contributed by atoms with van der Waals surface area (Å²) in [7, 11) is 0. The Morgan fingerprint density at radius 3 is 2.70 bits per heavy atom. The van der Waals surface area contributed by atoms with Gasteiger partial charge in [0.05, 0.1) is 10.6 Å². The second-order valence-electron chi connectivity index (χ2n) is 5.19. The highest BCUT2D eigenvalue weighted by atomic mass is 35.5. The Morgan fingerprint density at radius 2 is 1.90 bits per heavy atom. The van der Waals surface area contributed by atoms with Gasteiger partial charge in [0.25, 0.3) is 0 Å². The topological polar surface area (TPSA) is 20.2 Å². The fourth-order valence-corrected chi connectivity index (χ4v) is 3.09. The molecule has 0 saturated carbocycles. The van der Waals surface area contributed by atoms with Gasteiger partial charge in [-0.1, -0.05) is 35.9 Å². The molecule has 0 fully saturated rings. The van der Waals surface area contributed by atoms with Crippen LogP contribution in [0.1, 0.15) is 23.1 Å². The van der Waals surface area contributed by atoms with Crippen molar-refractivity contribution < 1.29 is 13.9 Å². The average molecular weight is 295 g/mol. The van der Waals surface area contributed by atoms with E-state index >= 15 is 0 Å². The Bertz CT molecular complexity index is 672. The third-order valence-electron chi connectivity index (χ3n) is 3.92. The Hall–Kier alpha value is -1.45. The Kier molecular flexibility index (Phi) is 3.27. The van der Waals surface area contributed by atoms with Crippen molar-refractivity contribution in [3.05, 3.63) is 69.7 Å².